The highest BCUT2D eigenvalue weighted by Gasteiger charge is 2.26. The molecule has 3 aromatic rings. The van der Waals surface area contributed by atoms with Crippen molar-refractivity contribution in [2.45, 2.75) is 13.0 Å². The normalized spacial score (nSPS) is 12.6. The summed E-state index contributed by atoms with van der Waals surface area (Å²) in [6.45, 7) is 0.997. The van der Waals surface area contributed by atoms with Gasteiger partial charge in [-0.05, 0) is 18.2 Å². The summed E-state index contributed by atoms with van der Waals surface area (Å²) in [5.41, 5.74) is 4.03. The van der Waals surface area contributed by atoms with Gasteiger partial charge in [-0.1, -0.05) is 36.4 Å². The molecule has 0 unspecified atom stereocenters. The maximum absolute atomic E-state index is 12.8. The molecule has 7 heteroatoms. The molecule has 0 fully saturated rings. The number of anilines is 2. The van der Waals surface area contributed by atoms with Crippen LogP contribution in [0.5, 0.6) is 0 Å². The molecule has 7 nitrogen and oxygen atoms in total. The number of aromatic nitrogens is 2. The summed E-state index contributed by atoms with van der Waals surface area (Å²) >= 11 is 0. The van der Waals surface area contributed by atoms with E-state index in [2.05, 4.69) is 11.4 Å². The Bertz CT molecular complexity index is 1120. The van der Waals surface area contributed by atoms with E-state index in [-0.39, 0.29) is 6.03 Å². The predicted octanol–water partition coefficient (Wildman–Crippen LogP) is 3.67. The van der Waals surface area contributed by atoms with Crippen LogP contribution in [0.25, 0.3) is 11.4 Å². The number of carbonyl (C=O) groups is 1. The van der Waals surface area contributed by atoms with Crippen molar-refractivity contribution in [1.29, 1.82) is 5.26 Å². The predicted molar refractivity (Wildman–Crippen MR) is 116 cm³/mol. The van der Waals surface area contributed by atoms with Gasteiger partial charge in [0.05, 0.1) is 23.9 Å². The van der Waals surface area contributed by atoms with Crippen LogP contribution in [0.1, 0.15) is 16.8 Å². The molecule has 150 valence electrons. The Morgan fingerprint density at radius 2 is 1.93 bits per heavy atom. The van der Waals surface area contributed by atoms with Crippen LogP contribution in [0.15, 0.2) is 54.6 Å². The zero-order valence-corrected chi connectivity index (χ0v) is 17.0. The van der Waals surface area contributed by atoms with E-state index >= 15 is 0 Å². The van der Waals surface area contributed by atoms with Gasteiger partial charge in [0.15, 0.2) is 5.82 Å². The highest BCUT2D eigenvalue weighted by Crippen LogP contribution is 2.29. The SMILES string of the molecule is CN(C)c1nc(-c2ccccc2)nc2c1CN(C(=O)Nc1cccc(C#N)c1)CC2. The summed E-state index contributed by atoms with van der Waals surface area (Å²) in [6, 6.07) is 18.7. The fourth-order valence-corrected chi connectivity index (χ4v) is 3.53. The third-order valence-electron chi connectivity index (χ3n) is 5.02. The molecule has 0 aliphatic carbocycles. The van der Waals surface area contributed by atoms with Gasteiger partial charge in [0.25, 0.3) is 0 Å². The minimum Gasteiger partial charge on any atom is -0.362 e. The largest absolute Gasteiger partial charge is 0.362 e. The first kappa shape index (κ1) is 19.4. The molecule has 2 aromatic carbocycles. The second-order valence-corrected chi connectivity index (χ2v) is 7.35. The summed E-state index contributed by atoms with van der Waals surface area (Å²) in [5.74, 6) is 1.52. The first-order valence-electron chi connectivity index (χ1n) is 9.74. The molecule has 0 saturated heterocycles. The van der Waals surface area contributed by atoms with Gasteiger partial charge in [0.2, 0.25) is 0 Å². The maximum Gasteiger partial charge on any atom is 0.322 e. The topological polar surface area (TPSA) is 85.2 Å². The van der Waals surface area contributed by atoms with Crippen LogP contribution in [0.4, 0.5) is 16.3 Å². The number of amides is 2. The van der Waals surface area contributed by atoms with E-state index in [1.165, 1.54) is 0 Å². The van der Waals surface area contributed by atoms with Crippen LogP contribution >= 0.6 is 0 Å². The Labute approximate surface area is 175 Å². The summed E-state index contributed by atoms with van der Waals surface area (Å²) < 4.78 is 0. The second kappa shape index (κ2) is 8.21. The van der Waals surface area contributed by atoms with Gasteiger partial charge < -0.3 is 15.1 Å². The molecular weight excluding hydrogens is 376 g/mol. The number of benzene rings is 2. The molecule has 2 heterocycles. The number of nitrogens with zero attached hydrogens (tertiary/aromatic N) is 5. The molecule has 0 atom stereocenters. The number of fused-ring (bicyclic) bond motifs is 1. The van der Waals surface area contributed by atoms with Crippen molar-refractivity contribution in [3.63, 3.8) is 0 Å². The lowest BCUT2D eigenvalue weighted by atomic mass is 10.1. The molecule has 30 heavy (non-hydrogen) atoms. The number of urea groups is 1. The third kappa shape index (κ3) is 3.94. The van der Waals surface area contributed by atoms with Crippen molar-refractivity contribution in [2.24, 2.45) is 0 Å². The molecule has 0 radical (unpaired) electrons. The minimum atomic E-state index is -0.201. The average Bonchev–Trinajstić information content (AvgIpc) is 2.78. The Balaban J connectivity index is 1.60. The fraction of sp³-hybridized carbons (Fsp3) is 0.217. The first-order chi connectivity index (χ1) is 14.5. The third-order valence-corrected chi connectivity index (χ3v) is 5.02. The van der Waals surface area contributed by atoms with Gasteiger partial charge in [0.1, 0.15) is 5.82 Å². The lowest BCUT2D eigenvalue weighted by molar-refractivity contribution is 0.206. The van der Waals surface area contributed by atoms with E-state index in [9.17, 15) is 4.79 Å². The summed E-state index contributed by atoms with van der Waals surface area (Å²) in [6.07, 6.45) is 0.657. The van der Waals surface area contributed by atoms with Crippen molar-refractivity contribution in [1.82, 2.24) is 14.9 Å². The van der Waals surface area contributed by atoms with Crippen molar-refractivity contribution in [2.75, 3.05) is 30.9 Å². The van der Waals surface area contributed by atoms with Gasteiger partial charge in [-0.3, -0.25) is 0 Å². The molecule has 1 aliphatic heterocycles. The van der Waals surface area contributed by atoms with E-state index < -0.39 is 0 Å². The van der Waals surface area contributed by atoms with E-state index in [0.717, 1.165) is 22.6 Å². The fourth-order valence-electron chi connectivity index (χ4n) is 3.53. The Hall–Kier alpha value is -3.92. The highest BCUT2D eigenvalue weighted by molar-refractivity contribution is 5.89. The molecule has 2 amide bonds. The van der Waals surface area contributed by atoms with Gasteiger partial charge in [-0.15, -0.1) is 0 Å². The summed E-state index contributed by atoms with van der Waals surface area (Å²) in [7, 11) is 3.90. The van der Waals surface area contributed by atoms with Crippen LogP contribution < -0.4 is 10.2 Å². The molecule has 0 bridgehead atoms. The smallest absolute Gasteiger partial charge is 0.322 e. The van der Waals surface area contributed by atoms with Crippen LogP contribution in [0.2, 0.25) is 0 Å². The van der Waals surface area contributed by atoms with Gasteiger partial charge >= 0.3 is 6.03 Å². The molecule has 0 saturated carbocycles. The van der Waals surface area contributed by atoms with Gasteiger partial charge in [0, 0.05) is 43.9 Å². The Morgan fingerprint density at radius 3 is 2.67 bits per heavy atom. The average molecular weight is 398 g/mol. The molecule has 1 aromatic heterocycles. The standard InChI is InChI=1S/C23H22N6O/c1-28(2)22-19-15-29(23(30)25-18-10-6-7-16(13-18)14-24)12-11-20(19)26-21(27-22)17-8-4-3-5-9-17/h3-10,13H,11-12,15H2,1-2H3,(H,25,30). The number of hydrogen-bond donors (Lipinski definition) is 1. The molecule has 1 N–H and O–H groups in total. The van der Waals surface area contributed by atoms with Crippen LogP contribution in [0.3, 0.4) is 0 Å². The van der Waals surface area contributed by atoms with Crippen LogP contribution in [-0.2, 0) is 13.0 Å². The van der Waals surface area contributed by atoms with Crippen LogP contribution in [-0.4, -0.2) is 41.5 Å². The molecule has 4 rings (SSSR count). The quantitative estimate of drug-likeness (QED) is 0.728. The number of carbonyl (C=O) groups excluding carboxylic acids is 1. The monoisotopic (exact) mass is 398 g/mol. The lowest BCUT2D eigenvalue weighted by Gasteiger charge is -2.31. The zero-order valence-electron chi connectivity index (χ0n) is 17.0. The van der Waals surface area contributed by atoms with E-state index in [0.29, 0.717) is 36.6 Å². The summed E-state index contributed by atoms with van der Waals surface area (Å²) in [4.78, 5) is 26.1. The van der Waals surface area contributed by atoms with Crippen molar-refractivity contribution in [3.05, 3.63) is 71.4 Å². The Morgan fingerprint density at radius 1 is 1.13 bits per heavy atom. The molecule has 1 aliphatic rings. The van der Waals surface area contributed by atoms with Gasteiger partial charge in [-0.25, -0.2) is 14.8 Å². The number of rotatable bonds is 3. The molecule has 0 spiro atoms. The van der Waals surface area contributed by atoms with Crippen molar-refractivity contribution < 1.29 is 4.79 Å². The first-order valence-corrected chi connectivity index (χ1v) is 9.74. The van der Waals surface area contributed by atoms with E-state index in [1.54, 1.807) is 29.2 Å². The van der Waals surface area contributed by atoms with Gasteiger partial charge in [-0.2, -0.15) is 5.26 Å². The zero-order chi connectivity index (χ0) is 21.1. The number of hydrogen-bond acceptors (Lipinski definition) is 5. The minimum absolute atomic E-state index is 0.201. The van der Waals surface area contributed by atoms with Crippen molar-refractivity contribution >= 4 is 17.5 Å². The lowest BCUT2D eigenvalue weighted by Crippen LogP contribution is -2.40. The maximum atomic E-state index is 12.8. The van der Waals surface area contributed by atoms with E-state index in [1.807, 2.05) is 49.3 Å². The van der Waals surface area contributed by atoms with E-state index in [4.69, 9.17) is 15.2 Å². The molecular formula is C23H22N6O. The summed E-state index contributed by atoms with van der Waals surface area (Å²) in [5, 5.41) is 11.9. The second-order valence-electron chi connectivity index (χ2n) is 7.35. The van der Waals surface area contributed by atoms with Crippen LogP contribution in [0, 0.1) is 11.3 Å². The van der Waals surface area contributed by atoms with Crippen molar-refractivity contribution in [3.8, 4) is 17.5 Å². The number of nitriles is 1. The highest BCUT2D eigenvalue weighted by atomic mass is 16.2. The Kier molecular flexibility index (Phi) is 5.31. The number of nitrogens with one attached hydrogen (secondary N) is 1.